The number of hydrogen-bond donors (Lipinski definition) is 0. The highest BCUT2D eigenvalue weighted by molar-refractivity contribution is 6.30. The monoisotopic (exact) mass is 258 g/mol. The summed E-state index contributed by atoms with van der Waals surface area (Å²) >= 11 is 6.00. The van der Waals surface area contributed by atoms with Crippen molar-refractivity contribution in [3.63, 3.8) is 0 Å². The second-order valence-corrected chi connectivity index (χ2v) is 5.20. The summed E-state index contributed by atoms with van der Waals surface area (Å²) < 4.78 is 0. The van der Waals surface area contributed by atoms with Gasteiger partial charge in [-0.3, -0.25) is 0 Å². The van der Waals surface area contributed by atoms with Crippen LogP contribution in [-0.2, 0) is 6.42 Å². The molecule has 18 heavy (non-hydrogen) atoms. The molecular formula is C17H19Cl. The lowest BCUT2D eigenvalue weighted by Crippen LogP contribution is -1.88. The fourth-order valence-corrected chi connectivity index (χ4v) is 2.45. The van der Waals surface area contributed by atoms with E-state index in [-0.39, 0.29) is 0 Å². The molecule has 0 aliphatic rings. The minimum atomic E-state index is 0.804. The predicted octanol–water partition coefficient (Wildman–Crippen LogP) is 5.66. The predicted molar refractivity (Wildman–Crippen MR) is 80.2 cm³/mol. The van der Waals surface area contributed by atoms with E-state index in [0.29, 0.717) is 0 Å². The van der Waals surface area contributed by atoms with E-state index in [1.807, 2.05) is 12.1 Å². The van der Waals surface area contributed by atoms with Crippen molar-refractivity contribution in [2.75, 3.05) is 0 Å². The molecule has 0 unspecified atom stereocenters. The van der Waals surface area contributed by atoms with E-state index in [1.54, 1.807) is 0 Å². The molecule has 0 aliphatic heterocycles. The van der Waals surface area contributed by atoms with Gasteiger partial charge in [0, 0.05) is 5.02 Å². The Morgan fingerprint density at radius 1 is 1.06 bits per heavy atom. The molecule has 0 radical (unpaired) electrons. The number of aryl methyl sites for hydroxylation is 2. The summed E-state index contributed by atoms with van der Waals surface area (Å²) in [6.07, 6.45) is 3.66. The molecule has 0 aliphatic carbocycles. The Hall–Kier alpha value is -1.27. The highest BCUT2D eigenvalue weighted by Crippen LogP contribution is 2.26. The molecule has 0 bridgehead atoms. The van der Waals surface area contributed by atoms with Gasteiger partial charge in [0.2, 0.25) is 0 Å². The van der Waals surface area contributed by atoms with Crippen molar-refractivity contribution in [3.8, 4) is 11.1 Å². The Morgan fingerprint density at radius 3 is 2.61 bits per heavy atom. The molecule has 1 heteroatoms. The third-order valence-corrected chi connectivity index (χ3v) is 3.48. The maximum absolute atomic E-state index is 6.00. The molecule has 0 aromatic heterocycles. The van der Waals surface area contributed by atoms with Crippen LogP contribution in [-0.4, -0.2) is 0 Å². The number of hydrogen-bond acceptors (Lipinski definition) is 0. The minimum absolute atomic E-state index is 0.804. The molecule has 94 valence electrons. The summed E-state index contributed by atoms with van der Waals surface area (Å²) in [7, 11) is 0. The van der Waals surface area contributed by atoms with Crippen LogP contribution in [0.4, 0.5) is 0 Å². The zero-order valence-electron chi connectivity index (χ0n) is 11.0. The first-order valence-corrected chi connectivity index (χ1v) is 6.94. The Kier molecular flexibility index (Phi) is 4.43. The maximum atomic E-state index is 6.00. The Morgan fingerprint density at radius 2 is 1.89 bits per heavy atom. The largest absolute Gasteiger partial charge is 0.0843 e. The summed E-state index contributed by atoms with van der Waals surface area (Å²) in [5.41, 5.74) is 5.22. The zero-order valence-corrected chi connectivity index (χ0v) is 11.8. The van der Waals surface area contributed by atoms with Gasteiger partial charge >= 0.3 is 0 Å². The topological polar surface area (TPSA) is 0 Å². The molecule has 2 aromatic carbocycles. The summed E-state index contributed by atoms with van der Waals surface area (Å²) in [5.74, 6) is 0. The van der Waals surface area contributed by atoms with Crippen LogP contribution >= 0.6 is 11.6 Å². The molecule has 0 amide bonds. The Labute approximate surface area is 115 Å². The van der Waals surface area contributed by atoms with Gasteiger partial charge in [0.05, 0.1) is 0 Å². The molecule has 0 N–H and O–H groups in total. The van der Waals surface area contributed by atoms with E-state index in [9.17, 15) is 0 Å². The van der Waals surface area contributed by atoms with Gasteiger partial charge in [-0.15, -0.1) is 0 Å². The van der Waals surface area contributed by atoms with Gasteiger partial charge in [0.1, 0.15) is 0 Å². The van der Waals surface area contributed by atoms with E-state index < -0.39 is 0 Å². The lowest BCUT2D eigenvalue weighted by molar-refractivity contribution is 0.795. The third-order valence-electron chi connectivity index (χ3n) is 3.25. The lowest BCUT2D eigenvalue weighted by Gasteiger charge is -2.08. The smallest absolute Gasteiger partial charge is 0.0409 e. The molecule has 2 rings (SSSR count). The standard InChI is InChI=1S/C17H19Cl/c1-3-4-6-14-7-5-8-15(12-14)17-10-9-16(18)11-13(17)2/h5,7-12H,3-4,6H2,1-2H3. The van der Waals surface area contributed by atoms with Crippen LogP contribution in [0, 0.1) is 6.92 Å². The van der Waals surface area contributed by atoms with E-state index >= 15 is 0 Å². The van der Waals surface area contributed by atoms with Crippen molar-refractivity contribution < 1.29 is 0 Å². The van der Waals surface area contributed by atoms with Gasteiger partial charge in [-0.05, 0) is 54.2 Å². The fraction of sp³-hybridized carbons (Fsp3) is 0.294. The number of rotatable bonds is 4. The van der Waals surface area contributed by atoms with Gasteiger partial charge in [-0.1, -0.05) is 55.3 Å². The molecular weight excluding hydrogens is 240 g/mol. The summed E-state index contributed by atoms with van der Waals surface area (Å²) in [6, 6.07) is 14.9. The van der Waals surface area contributed by atoms with Crippen LogP contribution in [0.25, 0.3) is 11.1 Å². The van der Waals surface area contributed by atoms with Crippen LogP contribution in [0.3, 0.4) is 0 Å². The highest BCUT2D eigenvalue weighted by atomic mass is 35.5. The SMILES string of the molecule is CCCCc1cccc(-c2ccc(Cl)cc2C)c1. The first kappa shape index (κ1) is 13.2. The summed E-state index contributed by atoms with van der Waals surface area (Å²) in [4.78, 5) is 0. The molecule has 0 saturated heterocycles. The molecule has 0 nitrogen and oxygen atoms in total. The quantitative estimate of drug-likeness (QED) is 0.664. The normalized spacial score (nSPS) is 10.6. The van der Waals surface area contributed by atoms with Gasteiger partial charge in [0.15, 0.2) is 0 Å². The van der Waals surface area contributed by atoms with Crippen LogP contribution in [0.5, 0.6) is 0 Å². The second-order valence-electron chi connectivity index (χ2n) is 4.76. The van der Waals surface area contributed by atoms with E-state index in [1.165, 1.54) is 35.1 Å². The fourth-order valence-electron chi connectivity index (χ4n) is 2.23. The van der Waals surface area contributed by atoms with Gasteiger partial charge in [0.25, 0.3) is 0 Å². The zero-order chi connectivity index (χ0) is 13.0. The van der Waals surface area contributed by atoms with E-state index in [2.05, 4.69) is 44.2 Å². The molecule has 2 aromatic rings. The van der Waals surface area contributed by atoms with Crippen molar-refractivity contribution in [3.05, 3.63) is 58.6 Å². The van der Waals surface area contributed by atoms with Gasteiger partial charge in [-0.25, -0.2) is 0 Å². The average Bonchev–Trinajstić information content (AvgIpc) is 2.36. The molecule has 0 fully saturated rings. The molecule has 0 saturated carbocycles. The summed E-state index contributed by atoms with van der Waals surface area (Å²) in [6.45, 7) is 4.34. The first-order chi connectivity index (χ1) is 8.70. The molecule has 0 atom stereocenters. The van der Waals surface area contributed by atoms with Crippen molar-refractivity contribution in [1.82, 2.24) is 0 Å². The van der Waals surface area contributed by atoms with Gasteiger partial charge < -0.3 is 0 Å². The van der Waals surface area contributed by atoms with E-state index in [0.717, 1.165) is 11.4 Å². The van der Waals surface area contributed by atoms with E-state index in [4.69, 9.17) is 11.6 Å². The second kappa shape index (κ2) is 6.06. The molecule has 0 spiro atoms. The number of benzene rings is 2. The van der Waals surface area contributed by atoms with Crippen LogP contribution < -0.4 is 0 Å². The van der Waals surface area contributed by atoms with Crippen molar-refractivity contribution in [2.45, 2.75) is 33.1 Å². The first-order valence-electron chi connectivity index (χ1n) is 6.56. The number of unbranched alkanes of at least 4 members (excludes halogenated alkanes) is 1. The Bertz CT molecular complexity index is 529. The van der Waals surface area contributed by atoms with Gasteiger partial charge in [-0.2, -0.15) is 0 Å². The van der Waals surface area contributed by atoms with Crippen molar-refractivity contribution in [1.29, 1.82) is 0 Å². The maximum Gasteiger partial charge on any atom is 0.0409 e. The van der Waals surface area contributed by atoms with Crippen LogP contribution in [0.15, 0.2) is 42.5 Å². The van der Waals surface area contributed by atoms with Crippen molar-refractivity contribution in [2.24, 2.45) is 0 Å². The minimum Gasteiger partial charge on any atom is -0.0843 e. The van der Waals surface area contributed by atoms with Crippen LogP contribution in [0.1, 0.15) is 30.9 Å². The average molecular weight is 259 g/mol. The van der Waals surface area contributed by atoms with Crippen molar-refractivity contribution >= 4 is 11.6 Å². The highest BCUT2D eigenvalue weighted by Gasteiger charge is 2.03. The summed E-state index contributed by atoms with van der Waals surface area (Å²) in [5, 5.41) is 0.804. The Balaban J connectivity index is 2.32. The lowest BCUT2D eigenvalue weighted by atomic mass is 9.97. The third kappa shape index (κ3) is 3.14. The number of halogens is 1. The molecule has 0 heterocycles. The van der Waals surface area contributed by atoms with Crippen LogP contribution in [0.2, 0.25) is 5.02 Å².